The Morgan fingerprint density at radius 2 is 1.97 bits per heavy atom. The molecule has 0 fully saturated rings. The van der Waals surface area contributed by atoms with Gasteiger partial charge in [-0.2, -0.15) is 10.2 Å². The normalized spacial score (nSPS) is 14.1. The Morgan fingerprint density at radius 3 is 2.60 bits per heavy atom. The van der Waals surface area contributed by atoms with Gasteiger partial charge in [-0.3, -0.25) is 9.48 Å². The molecule has 0 unspecified atom stereocenters. The number of hydrogen-bond acceptors (Lipinski definition) is 5. The van der Waals surface area contributed by atoms with Gasteiger partial charge in [-0.25, -0.2) is 17.5 Å². The van der Waals surface area contributed by atoms with Crippen LogP contribution in [0, 0.1) is 12.7 Å². The Bertz CT molecular complexity index is 1230. The lowest BCUT2D eigenvalue weighted by Gasteiger charge is -2.27. The van der Waals surface area contributed by atoms with Gasteiger partial charge in [0.15, 0.2) is 14.9 Å². The van der Waals surface area contributed by atoms with E-state index in [0.29, 0.717) is 23.6 Å². The number of anilines is 1. The van der Waals surface area contributed by atoms with E-state index in [0.717, 1.165) is 24.8 Å². The van der Waals surface area contributed by atoms with Crippen molar-refractivity contribution in [3.63, 3.8) is 0 Å². The molecule has 0 spiro atoms. The highest BCUT2D eigenvalue weighted by atomic mass is 35.5. The summed E-state index contributed by atoms with van der Waals surface area (Å²) in [6, 6.07) is 5.98. The molecule has 0 atom stereocenters. The topological polar surface area (TPSA) is 90.1 Å². The predicted octanol–water partition coefficient (Wildman–Crippen LogP) is 2.55. The molecular formula is C19H19ClFN5O3S. The van der Waals surface area contributed by atoms with E-state index in [1.165, 1.54) is 16.8 Å². The first-order valence-corrected chi connectivity index (χ1v) is 11.5. The maximum atomic E-state index is 13.2. The van der Waals surface area contributed by atoms with Crippen molar-refractivity contribution in [3.05, 3.63) is 52.7 Å². The van der Waals surface area contributed by atoms with Gasteiger partial charge < -0.3 is 4.90 Å². The van der Waals surface area contributed by atoms with Gasteiger partial charge in [0.25, 0.3) is 0 Å². The molecule has 3 aromatic rings. The van der Waals surface area contributed by atoms with Crippen molar-refractivity contribution < 1.29 is 17.6 Å². The van der Waals surface area contributed by atoms with Crippen LogP contribution in [0.4, 0.5) is 10.1 Å². The highest BCUT2D eigenvalue weighted by Gasteiger charge is 2.28. The second-order valence-electron chi connectivity index (χ2n) is 7.15. The number of halogens is 2. The highest BCUT2D eigenvalue weighted by molar-refractivity contribution is 7.90. The van der Waals surface area contributed by atoms with Gasteiger partial charge in [0.2, 0.25) is 5.91 Å². The molecule has 8 nitrogen and oxygen atoms in total. The van der Waals surface area contributed by atoms with Crippen molar-refractivity contribution in [2.45, 2.75) is 31.3 Å². The first kappa shape index (κ1) is 20.5. The van der Waals surface area contributed by atoms with Crippen LogP contribution >= 0.6 is 11.6 Å². The third kappa shape index (κ3) is 3.61. The van der Waals surface area contributed by atoms with Gasteiger partial charge in [0, 0.05) is 12.8 Å². The molecule has 0 saturated carbocycles. The zero-order chi connectivity index (χ0) is 21.6. The molecule has 1 aromatic carbocycles. The van der Waals surface area contributed by atoms with E-state index >= 15 is 0 Å². The summed E-state index contributed by atoms with van der Waals surface area (Å²) in [5, 5.41) is 8.19. The smallest absolute Gasteiger partial charge is 0.248 e. The Hall–Kier alpha value is -2.72. The summed E-state index contributed by atoms with van der Waals surface area (Å²) >= 11 is 6.10. The monoisotopic (exact) mass is 451 g/mol. The van der Waals surface area contributed by atoms with Crippen LogP contribution in [0.25, 0.3) is 5.69 Å². The number of sulfone groups is 1. The minimum Gasteiger partial charge on any atom is -0.308 e. The summed E-state index contributed by atoms with van der Waals surface area (Å²) in [4.78, 5) is 14.6. The van der Waals surface area contributed by atoms with Crippen LogP contribution in [-0.4, -0.2) is 46.7 Å². The maximum absolute atomic E-state index is 13.2. The molecule has 3 heterocycles. The summed E-state index contributed by atoms with van der Waals surface area (Å²) < 4.78 is 39.9. The first-order chi connectivity index (χ1) is 14.2. The number of fused-ring (bicyclic) bond motifs is 1. The molecule has 0 N–H and O–H groups in total. The van der Waals surface area contributed by atoms with E-state index in [2.05, 4.69) is 10.2 Å². The van der Waals surface area contributed by atoms with Crippen molar-refractivity contribution in [2.24, 2.45) is 0 Å². The molecular weight excluding hydrogens is 433 g/mol. The Kier molecular flexibility index (Phi) is 5.15. The van der Waals surface area contributed by atoms with Crippen molar-refractivity contribution in [3.8, 4) is 5.69 Å². The zero-order valence-electron chi connectivity index (χ0n) is 16.3. The fraction of sp³-hybridized carbons (Fsp3) is 0.316. The number of hydrogen-bond donors (Lipinski definition) is 0. The van der Waals surface area contributed by atoms with Gasteiger partial charge in [0.05, 0.1) is 29.0 Å². The Labute approximate surface area is 177 Å². The average Bonchev–Trinajstić information content (AvgIpc) is 3.25. The lowest BCUT2D eigenvalue weighted by Crippen LogP contribution is -2.38. The largest absolute Gasteiger partial charge is 0.308 e. The summed E-state index contributed by atoms with van der Waals surface area (Å²) in [6.07, 6.45) is 4.09. The predicted molar refractivity (Wildman–Crippen MR) is 109 cm³/mol. The molecule has 0 bridgehead atoms. The third-order valence-corrected chi connectivity index (χ3v) is 6.60. The number of nitrogens with zero attached hydrogens (tertiary/aromatic N) is 5. The number of carbonyl (C=O) groups excluding carboxylic acids is 1. The molecule has 1 aliphatic heterocycles. The van der Waals surface area contributed by atoms with E-state index < -0.39 is 9.84 Å². The average molecular weight is 452 g/mol. The summed E-state index contributed by atoms with van der Waals surface area (Å²) in [5.41, 5.74) is 2.65. The molecule has 0 aliphatic carbocycles. The number of rotatable bonds is 4. The second kappa shape index (κ2) is 7.51. The van der Waals surface area contributed by atoms with Crippen LogP contribution in [0.15, 0.2) is 35.5 Å². The molecule has 158 valence electrons. The number of aromatic nitrogens is 4. The van der Waals surface area contributed by atoms with Gasteiger partial charge in [0.1, 0.15) is 17.4 Å². The molecule has 2 aromatic heterocycles. The molecule has 1 aliphatic rings. The van der Waals surface area contributed by atoms with Crippen LogP contribution in [0.5, 0.6) is 0 Å². The van der Waals surface area contributed by atoms with Gasteiger partial charge >= 0.3 is 0 Å². The van der Waals surface area contributed by atoms with E-state index in [-0.39, 0.29) is 28.3 Å². The van der Waals surface area contributed by atoms with Crippen molar-refractivity contribution in [2.75, 3.05) is 17.7 Å². The van der Waals surface area contributed by atoms with Crippen LogP contribution in [0.2, 0.25) is 5.02 Å². The van der Waals surface area contributed by atoms with E-state index in [4.69, 9.17) is 11.6 Å². The molecule has 0 radical (unpaired) electrons. The quantitative estimate of drug-likeness (QED) is 0.608. The number of amides is 1. The summed E-state index contributed by atoms with van der Waals surface area (Å²) in [7, 11) is -3.60. The van der Waals surface area contributed by atoms with E-state index in [1.807, 2.05) is 0 Å². The summed E-state index contributed by atoms with van der Waals surface area (Å²) in [5.74, 6) is -0.588. The van der Waals surface area contributed by atoms with Crippen LogP contribution in [0.3, 0.4) is 0 Å². The standard InChI is InChI=1S/C19H19ClFN5O3S/c1-12-18(20)19(30(2,28)29)23-25(12)11-17(27)24-9-3-4-15-16(24)10-22-26(15)14-7-5-13(21)6-8-14/h5-8,10H,3-4,9,11H2,1-2H3. The third-order valence-electron chi connectivity index (χ3n) is 5.05. The molecule has 11 heteroatoms. The lowest BCUT2D eigenvalue weighted by atomic mass is 10.1. The van der Waals surface area contributed by atoms with Gasteiger partial charge in [-0.05, 0) is 44.0 Å². The van der Waals surface area contributed by atoms with Crippen LogP contribution in [0.1, 0.15) is 17.8 Å². The summed E-state index contributed by atoms with van der Waals surface area (Å²) in [6.45, 7) is 1.97. The Morgan fingerprint density at radius 1 is 1.27 bits per heavy atom. The molecule has 4 rings (SSSR count). The molecule has 30 heavy (non-hydrogen) atoms. The second-order valence-corrected chi connectivity index (χ2v) is 9.46. The number of benzene rings is 1. The minimum atomic E-state index is -3.60. The molecule has 0 saturated heterocycles. The first-order valence-electron chi connectivity index (χ1n) is 9.23. The molecule has 1 amide bonds. The number of carbonyl (C=O) groups is 1. The lowest BCUT2D eigenvalue weighted by molar-refractivity contribution is -0.119. The van der Waals surface area contributed by atoms with E-state index in [9.17, 15) is 17.6 Å². The Balaban J connectivity index is 1.63. The van der Waals surface area contributed by atoms with Crippen LogP contribution < -0.4 is 4.90 Å². The van der Waals surface area contributed by atoms with E-state index in [1.54, 1.807) is 34.8 Å². The van der Waals surface area contributed by atoms with Gasteiger partial charge in [-0.1, -0.05) is 11.6 Å². The fourth-order valence-corrected chi connectivity index (χ4v) is 4.79. The van der Waals surface area contributed by atoms with Crippen molar-refractivity contribution in [1.82, 2.24) is 19.6 Å². The SMILES string of the molecule is Cc1c(Cl)c(S(C)(=O)=O)nn1CC(=O)N1CCCc2c1cnn2-c1ccc(F)cc1. The maximum Gasteiger partial charge on any atom is 0.248 e. The highest BCUT2D eigenvalue weighted by Crippen LogP contribution is 2.30. The fourth-order valence-electron chi connectivity index (χ4n) is 3.51. The van der Waals surface area contributed by atoms with Crippen molar-refractivity contribution >= 4 is 33.0 Å². The van der Waals surface area contributed by atoms with Crippen molar-refractivity contribution in [1.29, 1.82) is 0 Å². The minimum absolute atomic E-state index is 0.0220. The van der Waals surface area contributed by atoms with Crippen LogP contribution in [-0.2, 0) is 27.6 Å². The zero-order valence-corrected chi connectivity index (χ0v) is 17.9. The van der Waals surface area contributed by atoms with Gasteiger partial charge in [-0.15, -0.1) is 0 Å².